The molecule has 0 amide bonds. The van der Waals surface area contributed by atoms with E-state index >= 15 is 0 Å². The van der Waals surface area contributed by atoms with E-state index in [-0.39, 0.29) is 21.2 Å². The Bertz CT molecular complexity index is 653. The molecule has 0 aliphatic carbocycles. The number of ether oxygens (including phenoxy) is 1. The third kappa shape index (κ3) is 2.59. The first kappa shape index (κ1) is 13.5. The van der Waals surface area contributed by atoms with Gasteiger partial charge in [0, 0.05) is 11.8 Å². The summed E-state index contributed by atoms with van der Waals surface area (Å²) in [6.07, 6.45) is 1.43. The molecule has 0 aliphatic rings. The van der Waals surface area contributed by atoms with Crippen molar-refractivity contribution in [1.82, 2.24) is 4.98 Å². The van der Waals surface area contributed by atoms with Gasteiger partial charge < -0.3 is 9.84 Å². The summed E-state index contributed by atoms with van der Waals surface area (Å²) < 4.78 is 4.93. The van der Waals surface area contributed by atoms with Crippen molar-refractivity contribution in [1.29, 1.82) is 0 Å². The van der Waals surface area contributed by atoms with Gasteiger partial charge in [-0.15, -0.1) is 11.3 Å². The first-order valence-corrected chi connectivity index (χ1v) is 6.30. The Hall–Kier alpha value is -1.92. The Balaban J connectivity index is 2.73. The first-order valence-electron chi connectivity index (χ1n) is 5.11. The number of hydrogen-bond donors (Lipinski definition) is 1. The summed E-state index contributed by atoms with van der Waals surface area (Å²) in [6, 6.07) is 4.40. The second kappa shape index (κ2) is 5.38. The molecule has 0 radical (unpaired) electrons. The molecular formula is C12H8ClNO4S. The number of esters is 1. The third-order valence-electron chi connectivity index (χ3n) is 2.42. The van der Waals surface area contributed by atoms with Crippen LogP contribution in [0.15, 0.2) is 24.4 Å². The van der Waals surface area contributed by atoms with E-state index in [1.54, 1.807) is 0 Å². The average Bonchev–Trinajstić information content (AvgIpc) is 2.83. The summed E-state index contributed by atoms with van der Waals surface area (Å²) in [5, 5.41) is 9.21. The van der Waals surface area contributed by atoms with E-state index in [0.717, 1.165) is 11.3 Å². The number of benzene rings is 1. The van der Waals surface area contributed by atoms with Crippen LogP contribution in [0, 0.1) is 0 Å². The molecule has 1 N–H and O–H groups in total. The maximum absolute atomic E-state index is 11.7. The maximum atomic E-state index is 11.7. The Morgan fingerprint density at radius 1 is 1.37 bits per heavy atom. The molecule has 98 valence electrons. The lowest BCUT2D eigenvalue weighted by atomic mass is 10.00. The van der Waals surface area contributed by atoms with Crippen LogP contribution in [0.5, 0.6) is 0 Å². The van der Waals surface area contributed by atoms with Gasteiger partial charge in [-0.3, -0.25) is 0 Å². The summed E-state index contributed by atoms with van der Waals surface area (Å²) in [7, 11) is 1.24. The number of hydrogen-bond acceptors (Lipinski definition) is 5. The molecule has 1 aromatic carbocycles. The average molecular weight is 298 g/mol. The smallest absolute Gasteiger partial charge is 0.338 e. The fraction of sp³-hybridized carbons (Fsp3) is 0.0833. The monoisotopic (exact) mass is 297 g/mol. The number of carbonyl (C=O) groups excluding carboxylic acids is 1. The lowest BCUT2D eigenvalue weighted by Crippen LogP contribution is -2.08. The summed E-state index contributed by atoms with van der Waals surface area (Å²) in [5.74, 6) is -1.74. The molecule has 0 saturated carbocycles. The number of carbonyl (C=O) groups is 2. The normalized spacial score (nSPS) is 10.2. The Labute approximate surface area is 117 Å². The highest BCUT2D eigenvalue weighted by Gasteiger charge is 2.21. The molecule has 1 heterocycles. The lowest BCUT2D eigenvalue weighted by molar-refractivity contribution is 0.0601. The van der Waals surface area contributed by atoms with E-state index in [9.17, 15) is 14.7 Å². The number of halogens is 1. The minimum absolute atomic E-state index is 0.00298. The number of carboxylic acids is 1. The number of methoxy groups -OCH3 is 1. The van der Waals surface area contributed by atoms with Crippen LogP contribution in [-0.2, 0) is 4.74 Å². The highest BCUT2D eigenvalue weighted by molar-refractivity contribution is 7.19. The zero-order valence-corrected chi connectivity index (χ0v) is 11.3. The van der Waals surface area contributed by atoms with Crippen molar-refractivity contribution in [2.75, 3.05) is 7.11 Å². The van der Waals surface area contributed by atoms with Gasteiger partial charge in [-0.25, -0.2) is 14.6 Å². The molecule has 5 nitrogen and oxygen atoms in total. The quantitative estimate of drug-likeness (QED) is 0.881. The Morgan fingerprint density at radius 2 is 2.05 bits per heavy atom. The van der Waals surface area contributed by atoms with E-state index in [0.29, 0.717) is 4.88 Å². The molecule has 0 unspecified atom stereocenters. The van der Waals surface area contributed by atoms with E-state index in [2.05, 4.69) is 9.72 Å². The van der Waals surface area contributed by atoms with E-state index in [1.807, 2.05) is 0 Å². The van der Waals surface area contributed by atoms with E-state index in [1.165, 1.54) is 31.5 Å². The van der Waals surface area contributed by atoms with E-state index in [4.69, 9.17) is 11.6 Å². The van der Waals surface area contributed by atoms with Crippen LogP contribution in [0.4, 0.5) is 0 Å². The summed E-state index contributed by atoms with van der Waals surface area (Å²) in [4.78, 5) is 27.4. The van der Waals surface area contributed by atoms with Crippen molar-refractivity contribution in [2.45, 2.75) is 0 Å². The largest absolute Gasteiger partial charge is 0.478 e. The number of rotatable bonds is 3. The van der Waals surface area contributed by atoms with Crippen LogP contribution < -0.4 is 0 Å². The summed E-state index contributed by atoms with van der Waals surface area (Å²) in [5.41, 5.74) is 0.442. The van der Waals surface area contributed by atoms with Gasteiger partial charge in [-0.05, 0) is 12.1 Å². The molecule has 2 rings (SSSR count). The third-order valence-corrected chi connectivity index (χ3v) is 3.56. The van der Waals surface area contributed by atoms with Gasteiger partial charge in [-0.2, -0.15) is 0 Å². The molecular weight excluding hydrogens is 290 g/mol. The van der Waals surface area contributed by atoms with Gasteiger partial charge in [0.05, 0.1) is 23.1 Å². The molecule has 0 saturated heterocycles. The van der Waals surface area contributed by atoms with Crippen molar-refractivity contribution in [3.05, 3.63) is 40.0 Å². The Morgan fingerprint density at radius 3 is 2.58 bits per heavy atom. The highest BCUT2D eigenvalue weighted by atomic mass is 35.5. The Kier molecular flexibility index (Phi) is 3.82. The second-order valence-electron chi connectivity index (χ2n) is 3.50. The number of aromatic nitrogens is 1. The maximum Gasteiger partial charge on any atom is 0.338 e. The summed E-state index contributed by atoms with van der Waals surface area (Å²) in [6.45, 7) is 0. The van der Waals surface area contributed by atoms with Crippen molar-refractivity contribution >= 4 is 34.9 Å². The molecule has 0 atom stereocenters. The van der Waals surface area contributed by atoms with Crippen molar-refractivity contribution in [2.24, 2.45) is 0 Å². The number of nitrogens with zero attached hydrogens (tertiary/aromatic N) is 1. The number of thiazole rings is 1. The van der Waals surface area contributed by atoms with Crippen molar-refractivity contribution in [3.63, 3.8) is 0 Å². The number of carboxylic acid groups (broad SMARTS) is 1. The predicted octanol–water partition coefficient (Wildman–Crippen LogP) is 2.95. The minimum atomic E-state index is -1.13. The minimum Gasteiger partial charge on any atom is -0.478 e. The van der Waals surface area contributed by atoms with Crippen LogP contribution in [0.2, 0.25) is 4.47 Å². The van der Waals surface area contributed by atoms with Gasteiger partial charge in [0.15, 0.2) is 4.47 Å². The van der Waals surface area contributed by atoms with Crippen LogP contribution in [-0.4, -0.2) is 29.1 Å². The zero-order chi connectivity index (χ0) is 14.0. The molecule has 19 heavy (non-hydrogen) atoms. The fourth-order valence-corrected chi connectivity index (χ4v) is 2.66. The lowest BCUT2D eigenvalue weighted by Gasteiger charge is -2.08. The molecule has 0 aliphatic heterocycles. The molecule has 0 fully saturated rings. The highest BCUT2D eigenvalue weighted by Crippen LogP contribution is 2.34. The van der Waals surface area contributed by atoms with Crippen LogP contribution in [0.3, 0.4) is 0 Å². The van der Waals surface area contributed by atoms with Gasteiger partial charge in [0.25, 0.3) is 0 Å². The van der Waals surface area contributed by atoms with Gasteiger partial charge >= 0.3 is 11.9 Å². The molecule has 2 aromatic rings. The van der Waals surface area contributed by atoms with Crippen molar-refractivity contribution in [3.8, 4) is 10.4 Å². The fourth-order valence-electron chi connectivity index (χ4n) is 1.64. The van der Waals surface area contributed by atoms with E-state index < -0.39 is 11.9 Å². The first-order chi connectivity index (χ1) is 9.04. The van der Waals surface area contributed by atoms with Crippen LogP contribution in [0.25, 0.3) is 10.4 Å². The number of aromatic carboxylic acids is 1. The topological polar surface area (TPSA) is 76.5 Å². The zero-order valence-electron chi connectivity index (χ0n) is 9.71. The van der Waals surface area contributed by atoms with Crippen LogP contribution in [0.1, 0.15) is 20.7 Å². The summed E-state index contributed by atoms with van der Waals surface area (Å²) >= 11 is 6.85. The molecule has 1 aromatic heterocycles. The standard InChI is InChI=1S/C12H8ClNO4S/c1-18-11(17)7-4-2-3-6(10(15)16)9(7)8-5-14-12(13)19-8/h2-5H,1H3,(H,15,16). The second-order valence-corrected chi connectivity index (χ2v) is 5.12. The molecule has 0 spiro atoms. The predicted molar refractivity (Wildman–Crippen MR) is 70.9 cm³/mol. The van der Waals surface area contributed by atoms with Crippen LogP contribution >= 0.6 is 22.9 Å². The SMILES string of the molecule is COC(=O)c1cccc(C(=O)O)c1-c1cnc(Cl)s1. The molecule has 7 heteroatoms. The van der Waals surface area contributed by atoms with Gasteiger partial charge in [0.1, 0.15) is 0 Å². The van der Waals surface area contributed by atoms with Gasteiger partial charge in [-0.1, -0.05) is 17.7 Å². The van der Waals surface area contributed by atoms with Crippen molar-refractivity contribution < 1.29 is 19.4 Å². The van der Waals surface area contributed by atoms with Gasteiger partial charge in [0.2, 0.25) is 0 Å². The molecule has 0 bridgehead atoms.